The summed E-state index contributed by atoms with van der Waals surface area (Å²) in [5.74, 6) is 0. The molecular weight excluding hydrogens is 264 g/mol. The van der Waals surface area contributed by atoms with Crippen LogP contribution in [0.15, 0.2) is 40.3 Å². The molecule has 0 spiro atoms. The predicted octanol–water partition coefficient (Wildman–Crippen LogP) is 1.98. The number of nitrogens with zero attached hydrogens (tertiary/aromatic N) is 2. The van der Waals surface area contributed by atoms with E-state index in [1.807, 2.05) is 13.0 Å². The third kappa shape index (κ3) is 2.73. The van der Waals surface area contributed by atoms with Crippen LogP contribution in [0.5, 0.6) is 0 Å². The molecule has 0 aliphatic carbocycles. The van der Waals surface area contributed by atoms with Crippen LogP contribution in [0.25, 0.3) is 0 Å². The van der Waals surface area contributed by atoms with Gasteiger partial charge in [-0.15, -0.1) is 4.28 Å². The van der Waals surface area contributed by atoms with Crippen LogP contribution in [0.1, 0.15) is 6.92 Å². The van der Waals surface area contributed by atoms with Gasteiger partial charge >= 0.3 is 0 Å². The average molecular weight is 274 g/mol. The SMILES string of the molecule is CC1C=NN(OS(=O)(=S)c2ccccc2)S1. The Morgan fingerprint density at radius 3 is 2.75 bits per heavy atom. The topological polar surface area (TPSA) is 41.9 Å². The third-order valence-electron chi connectivity index (χ3n) is 1.82. The predicted molar refractivity (Wildman–Crippen MR) is 68.7 cm³/mol. The first-order valence-electron chi connectivity index (χ1n) is 4.58. The lowest BCUT2D eigenvalue weighted by atomic mass is 10.4. The molecule has 1 aliphatic heterocycles. The molecule has 0 radical (unpaired) electrons. The Balaban J connectivity index is 2.13. The fourth-order valence-corrected chi connectivity index (χ4v) is 3.40. The largest absolute Gasteiger partial charge is 0.222 e. The van der Waals surface area contributed by atoms with Crippen molar-refractivity contribution in [3.63, 3.8) is 0 Å². The van der Waals surface area contributed by atoms with E-state index in [0.29, 0.717) is 4.90 Å². The van der Waals surface area contributed by atoms with E-state index >= 15 is 0 Å². The molecule has 4 nitrogen and oxygen atoms in total. The Bertz CT molecular complexity index is 487. The first kappa shape index (κ1) is 11.8. The smallest absolute Gasteiger partial charge is 0.198 e. The maximum Gasteiger partial charge on any atom is 0.198 e. The van der Waals surface area contributed by atoms with Crippen molar-refractivity contribution >= 4 is 38.1 Å². The molecule has 16 heavy (non-hydrogen) atoms. The van der Waals surface area contributed by atoms with Gasteiger partial charge in [0.25, 0.3) is 0 Å². The summed E-state index contributed by atoms with van der Waals surface area (Å²) >= 11 is 6.29. The fourth-order valence-electron chi connectivity index (χ4n) is 1.10. The van der Waals surface area contributed by atoms with E-state index in [4.69, 9.17) is 15.5 Å². The van der Waals surface area contributed by atoms with Crippen molar-refractivity contribution in [2.75, 3.05) is 0 Å². The molecule has 0 fully saturated rings. The van der Waals surface area contributed by atoms with E-state index in [-0.39, 0.29) is 5.25 Å². The zero-order chi connectivity index (χ0) is 11.6. The number of rotatable bonds is 3. The van der Waals surface area contributed by atoms with Gasteiger partial charge in [0.05, 0.1) is 10.1 Å². The Hall–Kier alpha value is -0.630. The molecule has 1 aromatic carbocycles. The summed E-state index contributed by atoms with van der Waals surface area (Å²) in [5.41, 5.74) is 0. The minimum atomic E-state index is -2.94. The number of benzene rings is 1. The maximum absolute atomic E-state index is 12.1. The Labute approximate surface area is 104 Å². The van der Waals surface area contributed by atoms with Gasteiger partial charge in [0.15, 0.2) is 8.77 Å². The molecule has 7 heteroatoms. The Morgan fingerprint density at radius 1 is 1.50 bits per heavy atom. The molecule has 1 aliphatic rings. The van der Waals surface area contributed by atoms with E-state index < -0.39 is 8.77 Å². The lowest BCUT2D eigenvalue weighted by Gasteiger charge is -2.14. The normalized spacial score (nSPS) is 23.3. The molecule has 0 saturated heterocycles. The Morgan fingerprint density at radius 2 is 2.19 bits per heavy atom. The van der Waals surface area contributed by atoms with Crippen LogP contribution in [-0.4, -0.2) is 20.3 Å². The molecular formula is C9H10N2O2S3. The van der Waals surface area contributed by atoms with Crippen molar-refractivity contribution in [3.8, 4) is 0 Å². The van der Waals surface area contributed by atoms with E-state index in [0.717, 1.165) is 0 Å². The van der Waals surface area contributed by atoms with Crippen LogP contribution in [0.3, 0.4) is 0 Å². The lowest BCUT2D eigenvalue weighted by Crippen LogP contribution is -2.14. The summed E-state index contributed by atoms with van der Waals surface area (Å²) in [6, 6.07) is 8.74. The molecule has 0 N–H and O–H groups in total. The van der Waals surface area contributed by atoms with Gasteiger partial charge in [-0.3, -0.25) is 0 Å². The standard InChI is InChI=1S/C9H10N2O2S3/c1-8-7-10-11(15-8)13-16(12,14)9-5-3-2-4-6-9/h2-8H,1H3. The van der Waals surface area contributed by atoms with Crippen molar-refractivity contribution < 1.29 is 8.49 Å². The first-order valence-corrected chi connectivity index (χ1v) is 7.83. The van der Waals surface area contributed by atoms with Crippen LogP contribution in [0, 0.1) is 0 Å². The minimum absolute atomic E-state index is 0.209. The van der Waals surface area contributed by atoms with Crippen LogP contribution in [-0.2, 0) is 24.2 Å². The molecule has 1 aromatic rings. The lowest BCUT2D eigenvalue weighted by molar-refractivity contribution is 0.0759. The molecule has 2 unspecified atom stereocenters. The number of hydrazone groups is 1. The van der Waals surface area contributed by atoms with Crippen LogP contribution in [0.2, 0.25) is 0 Å². The molecule has 0 saturated carbocycles. The zero-order valence-electron chi connectivity index (χ0n) is 8.48. The van der Waals surface area contributed by atoms with Gasteiger partial charge in [0, 0.05) is 29.4 Å². The van der Waals surface area contributed by atoms with Gasteiger partial charge in [0.2, 0.25) is 0 Å². The van der Waals surface area contributed by atoms with E-state index in [1.54, 1.807) is 30.5 Å². The summed E-state index contributed by atoms with van der Waals surface area (Å²) in [5, 5.41) is 4.14. The summed E-state index contributed by atoms with van der Waals surface area (Å²) in [6.07, 6.45) is 1.71. The molecule has 0 aromatic heterocycles. The van der Waals surface area contributed by atoms with Crippen LogP contribution >= 0.6 is 11.9 Å². The van der Waals surface area contributed by atoms with Crippen molar-refractivity contribution in [3.05, 3.63) is 30.3 Å². The quantitative estimate of drug-likeness (QED) is 0.788. The van der Waals surface area contributed by atoms with E-state index in [9.17, 15) is 4.21 Å². The summed E-state index contributed by atoms with van der Waals surface area (Å²) in [6.45, 7) is 1.96. The summed E-state index contributed by atoms with van der Waals surface area (Å²) in [4.78, 5) is 0.486. The van der Waals surface area contributed by atoms with Crippen molar-refractivity contribution in [1.82, 2.24) is 4.58 Å². The fraction of sp³-hybridized carbons (Fsp3) is 0.222. The highest BCUT2D eigenvalue weighted by Crippen LogP contribution is 2.26. The first-order chi connectivity index (χ1) is 7.58. The number of hydrogen-bond donors (Lipinski definition) is 0. The van der Waals surface area contributed by atoms with E-state index in [1.165, 1.54) is 16.5 Å². The van der Waals surface area contributed by atoms with Gasteiger partial charge in [-0.05, 0) is 19.1 Å². The van der Waals surface area contributed by atoms with Gasteiger partial charge < -0.3 is 0 Å². The third-order valence-corrected chi connectivity index (χ3v) is 4.67. The highest BCUT2D eigenvalue weighted by atomic mass is 32.8. The summed E-state index contributed by atoms with van der Waals surface area (Å²) < 4.78 is 18.5. The Kier molecular flexibility index (Phi) is 3.48. The summed E-state index contributed by atoms with van der Waals surface area (Å²) in [7, 11) is -2.94. The highest BCUT2D eigenvalue weighted by Gasteiger charge is 2.21. The van der Waals surface area contributed by atoms with E-state index in [2.05, 4.69) is 5.10 Å². The monoisotopic (exact) mass is 274 g/mol. The van der Waals surface area contributed by atoms with Crippen molar-refractivity contribution in [1.29, 1.82) is 0 Å². The molecule has 0 bridgehead atoms. The molecule has 2 rings (SSSR count). The second-order valence-electron chi connectivity index (χ2n) is 3.15. The van der Waals surface area contributed by atoms with Gasteiger partial charge in [-0.25, -0.2) is 4.21 Å². The van der Waals surface area contributed by atoms with Crippen molar-refractivity contribution in [2.24, 2.45) is 5.10 Å². The second kappa shape index (κ2) is 4.70. The van der Waals surface area contributed by atoms with Crippen LogP contribution < -0.4 is 0 Å². The van der Waals surface area contributed by atoms with Gasteiger partial charge in [0.1, 0.15) is 0 Å². The minimum Gasteiger partial charge on any atom is -0.222 e. The number of hydrogen-bond acceptors (Lipinski definition) is 6. The molecule has 86 valence electrons. The van der Waals surface area contributed by atoms with Crippen molar-refractivity contribution in [2.45, 2.75) is 17.1 Å². The molecule has 2 atom stereocenters. The average Bonchev–Trinajstić information content (AvgIpc) is 2.64. The van der Waals surface area contributed by atoms with Gasteiger partial charge in [-0.1, -0.05) is 22.8 Å². The zero-order valence-corrected chi connectivity index (χ0v) is 10.9. The second-order valence-corrected chi connectivity index (χ2v) is 7.27. The molecule has 1 heterocycles. The highest BCUT2D eigenvalue weighted by molar-refractivity contribution is 8.30. The molecule has 0 amide bonds. The maximum atomic E-state index is 12.1. The van der Waals surface area contributed by atoms with Gasteiger partial charge in [-0.2, -0.15) is 5.10 Å². The van der Waals surface area contributed by atoms with Crippen LogP contribution in [0.4, 0.5) is 0 Å².